The summed E-state index contributed by atoms with van der Waals surface area (Å²) >= 11 is 3.22. The zero-order valence-electron chi connectivity index (χ0n) is 5.69. The van der Waals surface area contributed by atoms with Gasteiger partial charge in [0.1, 0.15) is 6.04 Å². The smallest absolute Gasteiger partial charge is 0.334 e. The first-order valence-electron chi connectivity index (χ1n) is 2.90. The van der Waals surface area contributed by atoms with Crippen molar-refractivity contribution in [2.45, 2.75) is 18.9 Å². The molecule has 0 aliphatic heterocycles. The van der Waals surface area contributed by atoms with E-state index in [0.29, 0.717) is 0 Å². The summed E-state index contributed by atoms with van der Waals surface area (Å²) in [6.07, 6.45) is -0.0846. The van der Waals surface area contributed by atoms with Gasteiger partial charge in [0.05, 0.1) is 0 Å². The topological polar surface area (TPSA) is 89.6 Å². The lowest BCUT2D eigenvalue weighted by atomic mass is 10.2. The van der Waals surface area contributed by atoms with Crippen molar-refractivity contribution in [3.05, 3.63) is 0 Å². The zero-order valence-corrected chi connectivity index (χ0v) is 6.58. The van der Waals surface area contributed by atoms with Gasteiger partial charge >= 0.3 is 11.9 Å². The maximum Gasteiger partial charge on any atom is 0.334 e. The lowest BCUT2D eigenvalue weighted by Crippen LogP contribution is -2.31. The van der Waals surface area contributed by atoms with E-state index in [-0.39, 0.29) is 12.8 Å². The highest BCUT2D eigenvalue weighted by molar-refractivity contribution is 7.75. The fourth-order valence-electron chi connectivity index (χ4n) is 0.465. The van der Waals surface area contributed by atoms with Crippen LogP contribution in [0.25, 0.3) is 0 Å². The summed E-state index contributed by atoms with van der Waals surface area (Å²) in [5.41, 5.74) is 5.19. The molecule has 0 rings (SSSR count). The number of hydrogen-bond donors (Lipinski definition) is 3. The lowest BCUT2D eigenvalue weighted by molar-refractivity contribution is -0.138. The van der Waals surface area contributed by atoms with Crippen LogP contribution in [0.1, 0.15) is 12.8 Å². The molecule has 1 unspecified atom stereocenters. The summed E-state index contributed by atoms with van der Waals surface area (Å²) in [7, 11) is 0. The number of aliphatic carboxylic acids is 1. The Bertz CT molecular complexity index is 161. The van der Waals surface area contributed by atoms with Crippen molar-refractivity contribution in [1.29, 1.82) is 0 Å². The summed E-state index contributed by atoms with van der Waals surface area (Å²) in [5.74, 6) is -1.71. The van der Waals surface area contributed by atoms with Gasteiger partial charge < -0.3 is 15.0 Å². The molecule has 5 nitrogen and oxygen atoms in total. The summed E-state index contributed by atoms with van der Waals surface area (Å²) in [6, 6.07) is -0.899. The summed E-state index contributed by atoms with van der Waals surface area (Å²) in [4.78, 5) is 20.5. The number of nitrogens with two attached hydrogens (primary N) is 1. The van der Waals surface area contributed by atoms with E-state index >= 15 is 0 Å². The molecule has 0 aromatic carbocycles. The van der Waals surface area contributed by atoms with Crippen molar-refractivity contribution in [3.8, 4) is 0 Å². The number of carbonyl (C=O) groups excluding carboxylic acids is 1. The molecule has 3 N–H and O–H groups in total. The van der Waals surface area contributed by atoms with E-state index in [1.165, 1.54) is 0 Å². The van der Waals surface area contributed by atoms with Gasteiger partial charge in [-0.25, -0.2) is 4.79 Å². The van der Waals surface area contributed by atoms with Gasteiger partial charge in [-0.15, -0.1) is 0 Å². The summed E-state index contributed by atoms with van der Waals surface area (Å²) < 4.78 is 3.98. The fourth-order valence-corrected chi connectivity index (χ4v) is 0.600. The SMILES string of the molecule is NC(CCC(=O)O)C(=O)OS. The second-order valence-electron chi connectivity index (χ2n) is 1.95. The minimum atomic E-state index is -0.993. The highest BCUT2D eigenvalue weighted by Gasteiger charge is 2.14. The molecular formula is C5H9NO4S. The van der Waals surface area contributed by atoms with Crippen molar-refractivity contribution in [2.75, 3.05) is 0 Å². The normalized spacial score (nSPS) is 12.2. The Labute approximate surface area is 69.1 Å². The largest absolute Gasteiger partial charge is 0.481 e. The first kappa shape index (κ1) is 10.2. The van der Waals surface area contributed by atoms with Crippen molar-refractivity contribution in [2.24, 2.45) is 5.73 Å². The minimum Gasteiger partial charge on any atom is -0.481 e. The first-order valence-corrected chi connectivity index (χ1v) is 3.27. The number of carbonyl (C=O) groups is 2. The molecule has 0 saturated heterocycles. The highest BCUT2D eigenvalue weighted by atomic mass is 32.1. The average Bonchev–Trinajstić information content (AvgIpc) is 1.98. The monoisotopic (exact) mass is 179 g/mol. The molecule has 0 aromatic rings. The Balaban J connectivity index is 3.60. The maximum atomic E-state index is 10.5. The molecule has 0 amide bonds. The molecule has 0 heterocycles. The van der Waals surface area contributed by atoms with Gasteiger partial charge in [-0.05, 0) is 6.42 Å². The molecular weight excluding hydrogens is 170 g/mol. The molecule has 64 valence electrons. The Morgan fingerprint density at radius 2 is 2.18 bits per heavy atom. The standard InChI is InChI=1S/C5H9NO4S/c6-3(5(9)10-11)1-2-4(7)8/h3,11H,1-2,6H2,(H,7,8). The molecule has 1 atom stereocenters. The number of carboxylic acids is 1. The average molecular weight is 179 g/mol. The Kier molecular flexibility index (Phi) is 4.64. The predicted molar refractivity (Wildman–Crippen MR) is 39.9 cm³/mol. The Morgan fingerprint density at radius 3 is 2.55 bits per heavy atom. The van der Waals surface area contributed by atoms with Crippen LogP contribution in [-0.2, 0) is 13.8 Å². The molecule has 0 aliphatic carbocycles. The van der Waals surface area contributed by atoms with Gasteiger partial charge in [0.15, 0.2) is 0 Å². The van der Waals surface area contributed by atoms with Gasteiger partial charge in [-0.1, -0.05) is 0 Å². The maximum absolute atomic E-state index is 10.5. The van der Waals surface area contributed by atoms with Crippen LogP contribution in [0.4, 0.5) is 0 Å². The van der Waals surface area contributed by atoms with Gasteiger partial charge in [0.2, 0.25) is 0 Å². The van der Waals surface area contributed by atoms with Crippen LogP contribution < -0.4 is 5.73 Å². The van der Waals surface area contributed by atoms with E-state index < -0.39 is 18.0 Å². The van der Waals surface area contributed by atoms with E-state index in [4.69, 9.17) is 10.8 Å². The van der Waals surface area contributed by atoms with E-state index in [9.17, 15) is 9.59 Å². The second-order valence-corrected chi connectivity index (χ2v) is 2.13. The molecule has 0 aromatic heterocycles. The van der Waals surface area contributed by atoms with Crippen LogP contribution in [0.3, 0.4) is 0 Å². The van der Waals surface area contributed by atoms with Crippen LogP contribution >= 0.6 is 12.9 Å². The quantitative estimate of drug-likeness (QED) is 0.402. The van der Waals surface area contributed by atoms with Crippen LogP contribution in [0.2, 0.25) is 0 Å². The second kappa shape index (κ2) is 4.97. The van der Waals surface area contributed by atoms with E-state index in [1.807, 2.05) is 0 Å². The van der Waals surface area contributed by atoms with Crippen LogP contribution in [0.5, 0.6) is 0 Å². The highest BCUT2D eigenvalue weighted by Crippen LogP contribution is 1.97. The number of hydrogen-bond acceptors (Lipinski definition) is 5. The predicted octanol–water partition coefficient (Wildman–Crippen LogP) is -0.433. The van der Waals surface area contributed by atoms with Gasteiger partial charge in [0, 0.05) is 19.3 Å². The van der Waals surface area contributed by atoms with Crippen molar-refractivity contribution < 1.29 is 18.9 Å². The summed E-state index contributed by atoms with van der Waals surface area (Å²) in [6.45, 7) is 0. The van der Waals surface area contributed by atoms with Crippen LogP contribution in [0, 0.1) is 0 Å². The number of rotatable bonds is 4. The molecule has 0 bridgehead atoms. The molecule has 6 heteroatoms. The molecule has 0 aliphatic rings. The molecule has 0 saturated carbocycles. The Morgan fingerprint density at radius 1 is 1.64 bits per heavy atom. The van der Waals surface area contributed by atoms with E-state index in [0.717, 1.165) is 0 Å². The molecule has 0 radical (unpaired) electrons. The lowest BCUT2D eigenvalue weighted by Gasteiger charge is -2.04. The fraction of sp³-hybridized carbons (Fsp3) is 0.600. The van der Waals surface area contributed by atoms with E-state index in [1.54, 1.807) is 0 Å². The number of thiol groups is 1. The summed E-state index contributed by atoms with van der Waals surface area (Å²) in [5, 5.41) is 8.19. The van der Waals surface area contributed by atoms with Crippen molar-refractivity contribution >= 4 is 24.8 Å². The third-order valence-corrected chi connectivity index (χ3v) is 1.24. The Hall–Kier alpha value is -0.750. The van der Waals surface area contributed by atoms with Gasteiger partial charge in [-0.3, -0.25) is 4.79 Å². The van der Waals surface area contributed by atoms with Crippen molar-refractivity contribution in [1.82, 2.24) is 0 Å². The van der Waals surface area contributed by atoms with Crippen molar-refractivity contribution in [3.63, 3.8) is 0 Å². The number of carboxylic acid groups (broad SMARTS) is 1. The third kappa shape index (κ3) is 4.63. The minimum absolute atomic E-state index is 0.0642. The van der Waals surface area contributed by atoms with Crippen LogP contribution in [0.15, 0.2) is 0 Å². The first-order chi connectivity index (χ1) is 5.07. The van der Waals surface area contributed by atoms with Crippen LogP contribution in [-0.4, -0.2) is 23.1 Å². The molecule has 11 heavy (non-hydrogen) atoms. The zero-order chi connectivity index (χ0) is 8.85. The van der Waals surface area contributed by atoms with Gasteiger partial charge in [-0.2, -0.15) is 0 Å². The third-order valence-electron chi connectivity index (χ3n) is 1.06. The molecule has 0 spiro atoms. The molecule has 0 fully saturated rings. The van der Waals surface area contributed by atoms with E-state index in [2.05, 4.69) is 17.1 Å². The van der Waals surface area contributed by atoms with Gasteiger partial charge in [0.25, 0.3) is 0 Å².